The van der Waals surface area contributed by atoms with Gasteiger partial charge in [-0.05, 0) is 84.5 Å². The van der Waals surface area contributed by atoms with Crippen molar-refractivity contribution in [3.05, 3.63) is 87.4 Å². The van der Waals surface area contributed by atoms with Crippen LogP contribution in [0.4, 0.5) is 0 Å². The second kappa shape index (κ2) is 12.8. The second-order valence-electron chi connectivity index (χ2n) is 7.76. The van der Waals surface area contributed by atoms with Gasteiger partial charge in [0.25, 0.3) is 0 Å². The minimum absolute atomic E-state index is 0.121. The number of rotatable bonds is 11. The molecule has 0 radical (unpaired) electrons. The van der Waals surface area contributed by atoms with E-state index in [9.17, 15) is 4.79 Å². The van der Waals surface area contributed by atoms with E-state index in [1.165, 1.54) is 5.56 Å². The average Bonchev–Trinajstić information content (AvgIpc) is 2.85. The minimum Gasteiger partial charge on any atom is -0.497 e. The van der Waals surface area contributed by atoms with Crippen LogP contribution >= 0.6 is 15.9 Å². The molecule has 3 rings (SSSR count). The molecule has 0 aliphatic carbocycles. The van der Waals surface area contributed by atoms with Gasteiger partial charge in [0.15, 0.2) is 11.5 Å². The Bertz CT molecular complexity index is 1130. The van der Waals surface area contributed by atoms with Gasteiger partial charge in [-0.2, -0.15) is 5.10 Å². The summed E-state index contributed by atoms with van der Waals surface area (Å²) in [4.78, 5) is 12.1. The van der Waals surface area contributed by atoms with Crippen molar-refractivity contribution >= 4 is 28.1 Å². The van der Waals surface area contributed by atoms with Crippen molar-refractivity contribution in [2.24, 2.45) is 5.10 Å². The fourth-order valence-corrected chi connectivity index (χ4v) is 3.64. The highest BCUT2D eigenvalue weighted by Gasteiger charge is 2.07. The van der Waals surface area contributed by atoms with E-state index >= 15 is 0 Å². The first-order valence-electron chi connectivity index (χ1n) is 11.0. The van der Waals surface area contributed by atoms with E-state index in [-0.39, 0.29) is 5.91 Å². The van der Waals surface area contributed by atoms with Crippen LogP contribution in [0.15, 0.2) is 70.2 Å². The quantitative estimate of drug-likeness (QED) is 0.253. The van der Waals surface area contributed by atoms with Crippen molar-refractivity contribution in [3.8, 4) is 17.2 Å². The van der Waals surface area contributed by atoms with Crippen LogP contribution in [-0.4, -0.2) is 26.3 Å². The number of nitrogens with zero attached hydrogens (tertiary/aromatic N) is 1. The third-order valence-corrected chi connectivity index (χ3v) is 5.83. The molecule has 0 saturated carbocycles. The molecule has 0 saturated heterocycles. The molecule has 0 unspecified atom stereocenters. The molecule has 178 valence electrons. The number of nitrogens with one attached hydrogen (secondary N) is 1. The normalized spacial score (nSPS) is 10.8. The van der Waals surface area contributed by atoms with Crippen LogP contribution in [0.1, 0.15) is 35.1 Å². The van der Waals surface area contributed by atoms with Gasteiger partial charge in [0, 0.05) is 10.9 Å². The van der Waals surface area contributed by atoms with Gasteiger partial charge in [0.1, 0.15) is 12.4 Å². The molecule has 0 fully saturated rings. The van der Waals surface area contributed by atoms with Gasteiger partial charge in [0.05, 0.1) is 20.4 Å². The number of hydrogen-bond donors (Lipinski definition) is 1. The second-order valence-corrected chi connectivity index (χ2v) is 8.68. The summed E-state index contributed by atoms with van der Waals surface area (Å²) >= 11 is 3.43. The molecule has 0 aliphatic heterocycles. The fourth-order valence-electron chi connectivity index (χ4n) is 3.38. The number of amides is 1. The van der Waals surface area contributed by atoms with Gasteiger partial charge in [-0.3, -0.25) is 4.79 Å². The number of ether oxygens (including phenoxy) is 3. The molecule has 0 spiro atoms. The SMILES string of the molecule is COc1ccc(CCCC(=O)N/N=C\c2ccc(OCc3ccc(Br)cc3)c(OC)c2)c(C)c1. The van der Waals surface area contributed by atoms with Crippen LogP contribution < -0.4 is 19.6 Å². The Hall–Kier alpha value is -3.32. The molecule has 3 aromatic carbocycles. The minimum atomic E-state index is -0.121. The number of halogens is 1. The van der Waals surface area contributed by atoms with Crippen LogP contribution in [0.2, 0.25) is 0 Å². The molecule has 6 nitrogen and oxygen atoms in total. The first kappa shape index (κ1) is 25.3. The van der Waals surface area contributed by atoms with Gasteiger partial charge in [0.2, 0.25) is 5.91 Å². The Kier molecular flexibility index (Phi) is 9.52. The Morgan fingerprint density at radius 1 is 1.00 bits per heavy atom. The van der Waals surface area contributed by atoms with Crippen molar-refractivity contribution in [1.82, 2.24) is 5.43 Å². The number of carbonyl (C=O) groups excluding carboxylic acids is 1. The Morgan fingerprint density at radius 3 is 2.50 bits per heavy atom. The van der Waals surface area contributed by atoms with Gasteiger partial charge in [-0.25, -0.2) is 5.43 Å². The number of methoxy groups -OCH3 is 2. The Balaban J connectivity index is 1.46. The lowest BCUT2D eigenvalue weighted by molar-refractivity contribution is -0.121. The summed E-state index contributed by atoms with van der Waals surface area (Å²) in [5.74, 6) is 1.96. The molecule has 7 heteroatoms. The van der Waals surface area contributed by atoms with Crippen molar-refractivity contribution in [2.75, 3.05) is 14.2 Å². The highest BCUT2D eigenvalue weighted by Crippen LogP contribution is 2.28. The summed E-state index contributed by atoms with van der Waals surface area (Å²) in [7, 11) is 3.25. The highest BCUT2D eigenvalue weighted by molar-refractivity contribution is 9.10. The topological polar surface area (TPSA) is 69.2 Å². The first-order valence-corrected chi connectivity index (χ1v) is 11.8. The van der Waals surface area contributed by atoms with Crippen LogP contribution in [0.25, 0.3) is 0 Å². The van der Waals surface area contributed by atoms with E-state index < -0.39 is 0 Å². The maximum Gasteiger partial charge on any atom is 0.240 e. The summed E-state index contributed by atoms with van der Waals surface area (Å²) in [6.45, 7) is 2.48. The Labute approximate surface area is 209 Å². The third-order valence-electron chi connectivity index (χ3n) is 5.30. The van der Waals surface area contributed by atoms with Gasteiger partial charge in [-0.15, -0.1) is 0 Å². The van der Waals surface area contributed by atoms with Crippen LogP contribution in [0.5, 0.6) is 17.2 Å². The highest BCUT2D eigenvalue weighted by atomic mass is 79.9. The average molecular weight is 525 g/mol. The van der Waals surface area contributed by atoms with E-state index in [2.05, 4.69) is 26.5 Å². The molecular formula is C27H29BrN2O4. The number of carbonyl (C=O) groups is 1. The lowest BCUT2D eigenvalue weighted by Gasteiger charge is -2.11. The number of benzene rings is 3. The maximum absolute atomic E-state index is 12.1. The molecule has 0 atom stereocenters. The van der Waals surface area contributed by atoms with E-state index in [0.29, 0.717) is 24.5 Å². The zero-order valence-electron chi connectivity index (χ0n) is 19.6. The van der Waals surface area contributed by atoms with E-state index in [0.717, 1.165) is 39.8 Å². The smallest absolute Gasteiger partial charge is 0.240 e. The zero-order valence-corrected chi connectivity index (χ0v) is 21.2. The monoisotopic (exact) mass is 524 g/mol. The first-order chi connectivity index (χ1) is 16.5. The number of aryl methyl sites for hydroxylation is 2. The van der Waals surface area contributed by atoms with Gasteiger partial charge < -0.3 is 14.2 Å². The lowest BCUT2D eigenvalue weighted by atomic mass is 10.0. The molecule has 0 heterocycles. The molecule has 0 aliphatic rings. The van der Waals surface area contributed by atoms with Gasteiger partial charge in [-0.1, -0.05) is 34.1 Å². The summed E-state index contributed by atoms with van der Waals surface area (Å²) < 4.78 is 17.6. The summed E-state index contributed by atoms with van der Waals surface area (Å²) in [5, 5.41) is 4.07. The summed E-state index contributed by atoms with van der Waals surface area (Å²) in [5.41, 5.74) is 6.82. The summed E-state index contributed by atoms with van der Waals surface area (Å²) in [6.07, 6.45) is 3.56. The molecule has 0 bridgehead atoms. The predicted octanol–water partition coefficient (Wildman–Crippen LogP) is 5.83. The Morgan fingerprint density at radius 2 is 1.79 bits per heavy atom. The molecule has 0 aromatic heterocycles. The number of hydrazone groups is 1. The maximum atomic E-state index is 12.1. The lowest BCUT2D eigenvalue weighted by Crippen LogP contribution is -2.17. The zero-order chi connectivity index (χ0) is 24.3. The van der Waals surface area contributed by atoms with E-state index in [1.807, 2.05) is 67.6 Å². The third kappa shape index (κ3) is 7.63. The van der Waals surface area contributed by atoms with E-state index in [4.69, 9.17) is 14.2 Å². The fraction of sp³-hybridized carbons (Fsp3) is 0.259. The van der Waals surface area contributed by atoms with Crippen LogP contribution in [-0.2, 0) is 17.8 Å². The van der Waals surface area contributed by atoms with Crippen molar-refractivity contribution in [1.29, 1.82) is 0 Å². The predicted molar refractivity (Wildman–Crippen MR) is 138 cm³/mol. The molecule has 34 heavy (non-hydrogen) atoms. The van der Waals surface area contributed by atoms with Crippen molar-refractivity contribution < 1.29 is 19.0 Å². The largest absolute Gasteiger partial charge is 0.497 e. The van der Waals surface area contributed by atoms with Crippen molar-refractivity contribution in [2.45, 2.75) is 32.8 Å². The number of hydrogen-bond acceptors (Lipinski definition) is 5. The van der Waals surface area contributed by atoms with Gasteiger partial charge >= 0.3 is 0 Å². The molecule has 1 N–H and O–H groups in total. The van der Waals surface area contributed by atoms with Crippen LogP contribution in [0, 0.1) is 6.92 Å². The van der Waals surface area contributed by atoms with Crippen LogP contribution in [0.3, 0.4) is 0 Å². The van der Waals surface area contributed by atoms with E-state index in [1.54, 1.807) is 20.4 Å². The van der Waals surface area contributed by atoms with Crippen molar-refractivity contribution in [3.63, 3.8) is 0 Å². The summed E-state index contributed by atoms with van der Waals surface area (Å²) in [6, 6.07) is 19.5. The molecular weight excluding hydrogens is 496 g/mol. The molecule has 3 aromatic rings. The molecule has 1 amide bonds. The standard InChI is InChI=1S/C27H29BrN2O4/c1-19-15-24(32-2)13-10-22(19)5-4-6-27(31)30-29-17-21-9-14-25(26(16-21)33-3)34-18-20-7-11-23(28)12-8-20/h7-17H,4-6,18H2,1-3H3,(H,30,31)/b29-17-.